The molecule has 5 nitrogen and oxygen atoms in total. The molecule has 2 amide bonds. The number of amides is 2. The summed E-state index contributed by atoms with van der Waals surface area (Å²) in [6.07, 6.45) is 4.24. The molecule has 2 heterocycles. The molecule has 0 bridgehead atoms. The fourth-order valence-electron chi connectivity index (χ4n) is 4.48. The molecule has 0 aliphatic carbocycles. The maximum atomic E-state index is 13.1. The molecular formula is C25H30N2O3. The fraction of sp³-hybridized carbons (Fsp3) is 0.440. The van der Waals surface area contributed by atoms with Gasteiger partial charge in [0.05, 0.1) is 0 Å². The van der Waals surface area contributed by atoms with Gasteiger partial charge >= 0.3 is 0 Å². The molecule has 1 unspecified atom stereocenters. The minimum absolute atomic E-state index is 0.0555. The summed E-state index contributed by atoms with van der Waals surface area (Å²) in [7, 11) is 0. The van der Waals surface area contributed by atoms with E-state index in [2.05, 4.69) is 6.92 Å². The van der Waals surface area contributed by atoms with Crippen molar-refractivity contribution in [3.05, 3.63) is 60.2 Å². The lowest BCUT2D eigenvalue weighted by atomic mass is 9.96. The summed E-state index contributed by atoms with van der Waals surface area (Å²) in [5, 5.41) is 0. The SMILES string of the molecule is CC(CC(=O)N1CCC[C@@H]1C(=O)N1CCCC1)c1cccc(Oc2ccccc2)c1. The predicted octanol–water partition coefficient (Wildman–Crippen LogP) is 4.59. The van der Waals surface area contributed by atoms with Gasteiger partial charge in [-0.15, -0.1) is 0 Å². The van der Waals surface area contributed by atoms with Gasteiger partial charge in [0.25, 0.3) is 0 Å². The molecule has 2 atom stereocenters. The molecule has 2 saturated heterocycles. The summed E-state index contributed by atoms with van der Waals surface area (Å²) in [5.74, 6) is 1.83. The largest absolute Gasteiger partial charge is 0.457 e. The molecule has 4 rings (SSSR count). The minimum Gasteiger partial charge on any atom is -0.457 e. The van der Waals surface area contributed by atoms with Crippen LogP contribution in [0.3, 0.4) is 0 Å². The Kier molecular flexibility index (Phi) is 6.36. The van der Waals surface area contributed by atoms with Crippen LogP contribution in [0.25, 0.3) is 0 Å². The second-order valence-corrected chi connectivity index (χ2v) is 8.37. The zero-order valence-electron chi connectivity index (χ0n) is 17.6. The Balaban J connectivity index is 1.39. The van der Waals surface area contributed by atoms with Crippen molar-refractivity contribution >= 4 is 11.8 Å². The summed E-state index contributed by atoms with van der Waals surface area (Å²) in [5.41, 5.74) is 1.07. The molecule has 30 heavy (non-hydrogen) atoms. The van der Waals surface area contributed by atoms with Crippen molar-refractivity contribution in [2.24, 2.45) is 0 Å². The summed E-state index contributed by atoms with van der Waals surface area (Å²) >= 11 is 0. The highest BCUT2D eigenvalue weighted by molar-refractivity contribution is 5.88. The van der Waals surface area contributed by atoms with E-state index in [1.54, 1.807) is 0 Å². The van der Waals surface area contributed by atoms with Gasteiger partial charge in [0, 0.05) is 26.1 Å². The van der Waals surface area contributed by atoms with Gasteiger partial charge in [-0.1, -0.05) is 37.3 Å². The van der Waals surface area contributed by atoms with E-state index in [-0.39, 0.29) is 23.8 Å². The topological polar surface area (TPSA) is 49.9 Å². The smallest absolute Gasteiger partial charge is 0.245 e. The Morgan fingerprint density at radius 2 is 1.70 bits per heavy atom. The second-order valence-electron chi connectivity index (χ2n) is 8.37. The lowest BCUT2D eigenvalue weighted by Gasteiger charge is -2.28. The highest BCUT2D eigenvalue weighted by Gasteiger charge is 2.37. The van der Waals surface area contributed by atoms with E-state index >= 15 is 0 Å². The molecule has 0 saturated carbocycles. The first-order chi connectivity index (χ1) is 14.6. The van der Waals surface area contributed by atoms with Crippen molar-refractivity contribution in [1.29, 1.82) is 0 Å². The van der Waals surface area contributed by atoms with Crippen LogP contribution in [-0.2, 0) is 9.59 Å². The van der Waals surface area contributed by atoms with Crippen LogP contribution in [0.4, 0.5) is 0 Å². The molecule has 0 spiro atoms. The molecule has 158 valence electrons. The molecule has 5 heteroatoms. The molecule has 2 aliphatic rings. The van der Waals surface area contributed by atoms with E-state index in [0.29, 0.717) is 13.0 Å². The number of carbonyl (C=O) groups is 2. The molecular weight excluding hydrogens is 376 g/mol. The number of hydrogen-bond donors (Lipinski definition) is 0. The van der Waals surface area contributed by atoms with Crippen molar-refractivity contribution in [2.75, 3.05) is 19.6 Å². The zero-order valence-corrected chi connectivity index (χ0v) is 17.6. The van der Waals surface area contributed by atoms with Crippen LogP contribution in [0.1, 0.15) is 50.5 Å². The first-order valence-corrected chi connectivity index (χ1v) is 11.0. The van der Waals surface area contributed by atoms with Crippen molar-refractivity contribution in [2.45, 2.75) is 51.0 Å². The van der Waals surface area contributed by atoms with Gasteiger partial charge in [0.2, 0.25) is 11.8 Å². The number of likely N-dealkylation sites (tertiary alicyclic amines) is 2. The second kappa shape index (κ2) is 9.33. The molecule has 0 radical (unpaired) electrons. The molecule has 0 N–H and O–H groups in total. The Bertz CT molecular complexity index is 877. The van der Waals surface area contributed by atoms with Crippen molar-refractivity contribution in [3.8, 4) is 11.5 Å². The third-order valence-electron chi connectivity index (χ3n) is 6.16. The number of nitrogens with zero attached hydrogens (tertiary/aromatic N) is 2. The van der Waals surface area contributed by atoms with Crippen LogP contribution in [0.15, 0.2) is 54.6 Å². The first kappa shape index (κ1) is 20.5. The minimum atomic E-state index is -0.268. The molecule has 0 aromatic heterocycles. The maximum absolute atomic E-state index is 13.1. The number of benzene rings is 2. The van der Waals surface area contributed by atoms with Crippen LogP contribution in [0.5, 0.6) is 11.5 Å². The Morgan fingerprint density at radius 3 is 2.47 bits per heavy atom. The maximum Gasteiger partial charge on any atom is 0.245 e. The average Bonchev–Trinajstić information content (AvgIpc) is 3.46. The van der Waals surface area contributed by atoms with Gasteiger partial charge in [-0.25, -0.2) is 0 Å². The van der Waals surface area contributed by atoms with Crippen molar-refractivity contribution < 1.29 is 14.3 Å². The zero-order chi connectivity index (χ0) is 20.9. The highest BCUT2D eigenvalue weighted by Crippen LogP contribution is 2.29. The first-order valence-electron chi connectivity index (χ1n) is 11.0. The van der Waals surface area contributed by atoms with Crippen molar-refractivity contribution in [1.82, 2.24) is 9.80 Å². The summed E-state index contributed by atoms with van der Waals surface area (Å²) in [6, 6.07) is 17.3. The molecule has 2 aromatic carbocycles. The third-order valence-corrected chi connectivity index (χ3v) is 6.16. The number of rotatable bonds is 6. The Hall–Kier alpha value is -2.82. The lowest BCUT2D eigenvalue weighted by Crippen LogP contribution is -2.47. The predicted molar refractivity (Wildman–Crippen MR) is 117 cm³/mol. The van der Waals surface area contributed by atoms with Crippen LogP contribution in [0, 0.1) is 0 Å². The van der Waals surface area contributed by atoms with Crippen LogP contribution < -0.4 is 4.74 Å². The number of para-hydroxylation sites is 1. The summed E-state index contributed by atoms with van der Waals surface area (Å²) in [6.45, 7) is 4.42. The van der Waals surface area contributed by atoms with E-state index in [9.17, 15) is 9.59 Å². The van der Waals surface area contributed by atoms with Gasteiger partial charge in [-0.05, 0) is 61.4 Å². The van der Waals surface area contributed by atoms with Crippen LogP contribution >= 0.6 is 0 Å². The number of hydrogen-bond acceptors (Lipinski definition) is 3. The molecule has 2 aliphatic heterocycles. The monoisotopic (exact) mass is 406 g/mol. The standard InChI is InChI=1S/C25H30N2O3/c1-19(20-9-7-12-22(18-20)30-21-10-3-2-4-11-21)17-24(28)27-16-8-13-23(27)25(29)26-14-5-6-15-26/h2-4,7,9-12,18-19,23H,5-6,8,13-17H2,1H3/t19?,23-/m1/s1. The number of ether oxygens (including phenoxy) is 1. The van der Waals surface area contributed by atoms with Crippen LogP contribution in [-0.4, -0.2) is 47.3 Å². The third kappa shape index (κ3) is 4.66. The van der Waals surface area contributed by atoms with E-state index < -0.39 is 0 Å². The van der Waals surface area contributed by atoms with Gasteiger partial charge < -0.3 is 14.5 Å². The fourth-order valence-corrected chi connectivity index (χ4v) is 4.48. The van der Waals surface area contributed by atoms with Crippen LogP contribution in [0.2, 0.25) is 0 Å². The molecule has 2 aromatic rings. The van der Waals surface area contributed by atoms with Gasteiger partial charge in [0.1, 0.15) is 17.5 Å². The van der Waals surface area contributed by atoms with E-state index in [0.717, 1.165) is 55.8 Å². The van der Waals surface area contributed by atoms with Gasteiger partial charge in [0.15, 0.2) is 0 Å². The van der Waals surface area contributed by atoms with E-state index in [4.69, 9.17) is 4.74 Å². The van der Waals surface area contributed by atoms with Gasteiger partial charge in [-0.2, -0.15) is 0 Å². The lowest BCUT2D eigenvalue weighted by molar-refractivity contribution is -0.143. The molecule has 2 fully saturated rings. The quantitative estimate of drug-likeness (QED) is 0.705. The van der Waals surface area contributed by atoms with E-state index in [1.807, 2.05) is 64.4 Å². The van der Waals surface area contributed by atoms with E-state index in [1.165, 1.54) is 0 Å². The number of carbonyl (C=O) groups excluding carboxylic acids is 2. The summed E-state index contributed by atoms with van der Waals surface area (Å²) < 4.78 is 5.93. The normalized spacial score (nSPS) is 19.7. The summed E-state index contributed by atoms with van der Waals surface area (Å²) in [4.78, 5) is 29.7. The average molecular weight is 407 g/mol. The Morgan fingerprint density at radius 1 is 0.967 bits per heavy atom. The Labute approximate surface area is 178 Å². The van der Waals surface area contributed by atoms with Gasteiger partial charge in [-0.3, -0.25) is 9.59 Å². The highest BCUT2D eigenvalue weighted by atomic mass is 16.5. The van der Waals surface area contributed by atoms with Crippen molar-refractivity contribution in [3.63, 3.8) is 0 Å².